The minimum absolute atomic E-state index is 0.215. The van der Waals surface area contributed by atoms with E-state index in [1.807, 2.05) is 27.7 Å². The third-order valence-electron chi connectivity index (χ3n) is 4.11. The zero-order valence-corrected chi connectivity index (χ0v) is 13.7. The fourth-order valence-electron chi connectivity index (χ4n) is 2.64. The Hall–Kier alpha value is -2.28. The van der Waals surface area contributed by atoms with Gasteiger partial charge in [0.15, 0.2) is 11.6 Å². The third kappa shape index (κ3) is 2.71. The number of hydrogen-bond acceptors (Lipinski definition) is 2. The standard InChI is InChI=1S/C18H21FN2O/c1-12-10-17(18(3,4)8-9-20)21(13(12)2)14-6-7-15(19)16(11-14)22-5/h6-7,10-11H,8H2,1-5H3. The lowest BCUT2D eigenvalue weighted by atomic mass is 9.86. The molecule has 0 amide bonds. The zero-order chi connectivity index (χ0) is 16.5. The van der Waals surface area contributed by atoms with Crippen molar-refractivity contribution in [3.63, 3.8) is 0 Å². The molecule has 0 unspecified atom stereocenters. The predicted molar refractivity (Wildman–Crippen MR) is 85.0 cm³/mol. The van der Waals surface area contributed by atoms with Crippen molar-refractivity contribution < 1.29 is 9.13 Å². The highest BCUT2D eigenvalue weighted by Gasteiger charge is 2.27. The number of hydrogen-bond donors (Lipinski definition) is 0. The van der Waals surface area contributed by atoms with Gasteiger partial charge >= 0.3 is 0 Å². The van der Waals surface area contributed by atoms with Gasteiger partial charge in [-0.15, -0.1) is 0 Å². The van der Waals surface area contributed by atoms with Gasteiger partial charge in [0.05, 0.1) is 13.2 Å². The molecule has 0 bridgehead atoms. The molecule has 0 atom stereocenters. The summed E-state index contributed by atoms with van der Waals surface area (Å²) in [6, 6.07) is 9.17. The summed E-state index contributed by atoms with van der Waals surface area (Å²) in [5.41, 5.74) is 3.80. The highest BCUT2D eigenvalue weighted by atomic mass is 19.1. The first kappa shape index (κ1) is 16.1. The fraction of sp³-hybridized carbons (Fsp3) is 0.389. The maximum atomic E-state index is 13.7. The molecule has 0 fully saturated rings. The van der Waals surface area contributed by atoms with E-state index in [4.69, 9.17) is 10.00 Å². The topological polar surface area (TPSA) is 38.0 Å². The summed E-state index contributed by atoms with van der Waals surface area (Å²) in [5, 5.41) is 9.09. The van der Waals surface area contributed by atoms with E-state index in [-0.39, 0.29) is 17.0 Å². The van der Waals surface area contributed by atoms with Crippen LogP contribution in [-0.4, -0.2) is 11.7 Å². The van der Waals surface area contributed by atoms with E-state index in [1.165, 1.54) is 13.2 Å². The van der Waals surface area contributed by atoms with Gasteiger partial charge in [0, 0.05) is 35.0 Å². The van der Waals surface area contributed by atoms with Crippen LogP contribution < -0.4 is 4.74 Å². The van der Waals surface area contributed by atoms with Crippen molar-refractivity contribution in [1.29, 1.82) is 5.26 Å². The molecule has 22 heavy (non-hydrogen) atoms. The van der Waals surface area contributed by atoms with Gasteiger partial charge in [-0.3, -0.25) is 0 Å². The Morgan fingerprint density at radius 2 is 1.95 bits per heavy atom. The molecule has 0 saturated carbocycles. The highest BCUT2D eigenvalue weighted by molar-refractivity contribution is 5.47. The molecule has 4 heteroatoms. The summed E-state index contributed by atoms with van der Waals surface area (Å²) in [7, 11) is 1.45. The minimum Gasteiger partial charge on any atom is -0.494 e. The lowest BCUT2D eigenvalue weighted by molar-refractivity contribution is 0.386. The smallest absolute Gasteiger partial charge is 0.165 e. The van der Waals surface area contributed by atoms with Gasteiger partial charge in [-0.25, -0.2) is 4.39 Å². The molecule has 1 aromatic carbocycles. The molecule has 2 aromatic rings. The van der Waals surface area contributed by atoms with Crippen LogP contribution in [0, 0.1) is 31.0 Å². The van der Waals surface area contributed by atoms with Crippen molar-refractivity contribution in [3.8, 4) is 17.5 Å². The minimum atomic E-state index is -0.384. The van der Waals surface area contributed by atoms with Crippen molar-refractivity contribution in [2.45, 2.75) is 39.5 Å². The van der Waals surface area contributed by atoms with Gasteiger partial charge in [-0.1, -0.05) is 13.8 Å². The largest absolute Gasteiger partial charge is 0.494 e. The molecule has 0 aliphatic carbocycles. The Bertz CT molecular complexity index is 738. The van der Waals surface area contributed by atoms with Gasteiger partial charge in [-0.2, -0.15) is 5.26 Å². The van der Waals surface area contributed by atoms with E-state index >= 15 is 0 Å². The van der Waals surface area contributed by atoms with E-state index in [2.05, 4.69) is 16.7 Å². The van der Waals surface area contributed by atoms with Crippen LogP contribution in [0.4, 0.5) is 4.39 Å². The first-order valence-electron chi connectivity index (χ1n) is 7.22. The van der Waals surface area contributed by atoms with Gasteiger partial charge in [0.1, 0.15) is 0 Å². The molecule has 0 spiro atoms. The molecule has 2 rings (SSSR count). The number of aromatic nitrogens is 1. The Kier molecular flexibility index (Phi) is 4.27. The highest BCUT2D eigenvalue weighted by Crippen LogP contribution is 2.34. The number of methoxy groups -OCH3 is 1. The summed E-state index contributed by atoms with van der Waals surface area (Å²) in [4.78, 5) is 0. The Balaban J connectivity index is 2.68. The quantitative estimate of drug-likeness (QED) is 0.837. The van der Waals surface area contributed by atoms with Gasteiger partial charge < -0.3 is 9.30 Å². The van der Waals surface area contributed by atoms with Gasteiger partial charge in [0.25, 0.3) is 0 Å². The number of nitrogens with zero attached hydrogens (tertiary/aromatic N) is 2. The fourth-order valence-corrected chi connectivity index (χ4v) is 2.64. The number of nitriles is 1. The zero-order valence-electron chi connectivity index (χ0n) is 13.7. The summed E-state index contributed by atoms with van der Waals surface area (Å²) in [6.45, 7) is 8.15. The Morgan fingerprint density at radius 3 is 2.55 bits per heavy atom. The lowest BCUT2D eigenvalue weighted by Crippen LogP contribution is -2.21. The molecule has 0 aliphatic heterocycles. The first-order chi connectivity index (χ1) is 10.3. The second kappa shape index (κ2) is 5.84. The van der Waals surface area contributed by atoms with Crippen LogP contribution >= 0.6 is 0 Å². The molecule has 116 valence electrons. The molecule has 0 N–H and O–H groups in total. The number of ether oxygens (including phenoxy) is 1. The monoisotopic (exact) mass is 300 g/mol. The molecule has 1 aromatic heterocycles. The van der Waals surface area contributed by atoms with Crippen molar-refractivity contribution in [3.05, 3.63) is 47.0 Å². The number of rotatable bonds is 4. The summed E-state index contributed by atoms with van der Waals surface area (Å²) >= 11 is 0. The average Bonchev–Trinajstić information content (AvgIpc) is 2.76. The van der Waals surface area contributed by atoms with Crippen LogP contribution in [-0.2, 0) is 5.41 Å². The SMILES string of the molecule is COc1cc(-n2c(C(C)(C)CC#N)cc(C)c2C)ccc1F. The van der Waals surface area contributed by atoms with E-state index in [1.54, 1.807) is 12.1 Å². The van der Waals surface area contributed by atoms with Crippen molar-refractivity contribution in [1.82, 2.24) is 4.57 Å². The number of halogens is 1. The van der Waals surface area contributed by atoms with E-state index in [9.17, 15) is 4.39 Å². The normalized spacial score (nSPS) is 11.3. The van der Waals surface area contributed by atoms with Crippen LogP contribution in [0.25, 0.3) is 5.69 Å². The van der Waals surface area contributed by atoms with Crippen molar-refractivity contribution in [2.75, 3.05) is 7.11 Å². The average molecular weight is 300 g/mol. The van der Waals surface area contributed by atoms with Crippen LogP contribution in [0.15, 0.2) is 24.3 Å². The molecule has 1 heterocycles. The van der Waals surface area contributed by atoms with Crippen molar-refractivity contribution in [2.24, 2.45) is 0 Å². The predicted octanol–water partition coefficient (Wildman–Crippen LogP) is 4.43. The molecular weight excluding hydrogens is 279 g/mol. The molecule has 0 saturated heterocycles. The summed E-state index contributed by atoms with van der Waals surface area (Å²) in [5.74, 6) is -0.169. The molecule has 0 radical (unpaired) electrons. The maximum Gasteiger partial charge on any atom is 0.165 e. The van der Waals surface area contributed by atoms with E-state index in [0.29, 0.717) is 6.42 Å². The van der Waals surface area contributed by atoms with Crippen LogP contribution in [0.3, 0.4) is 0 Å². The first-order valence-corrected chi connectivity index (χ1v) is 7.22. The number of benzene rings is 1. The van der Waals surface area contributed by atoms with Crippen LogP contribution in [0.1, 0.15) is 37.2 Å². The second-order valence-electron chi connectivity index (χ2n) is 6.17. The van der Waals surface area contributed by atoms with Crippen LogP contribution in [0.2, 0.25) is 0 Å². The Morgan fingerprint density at radius 1 is 1.27 bits per heavy atom. The van der Waals surface area contributed by atoms with E-state index in [0.717, 1.165) is 22.6 Å². The van der Waals surface area contributed by atoms with Crippen LogP contribution in [0.5, 0.6) is 5.75 Å². The molecule has 0 aliphatic rings. The third-order valence-corrected chi connectivity index (χ3v) is 4.11. The Labute approximate surface area is 130 Å². The second-order valence-corrected chi connectivity index (χ2v) is 6.17. The van der Waals surface area contributed by atoms with Crippen molar-refractivity contribution >= 4 is 0 Å². The number of aryl methyl sites for hydroxylation is 1. The van der Waals surface area contributed by atoms with Gasteiger partial charge in [0.2, 0.25) is 0 Å². The van der Waals surface area contributed by atoms with E-state index < -0.39 is 0 Å². The molecule has 3 nitrogen and oxygen atoms in total. The van der Waals surface area contributed by atoms with Gasteiger partial charge in [-0.05, 0) is 37.6 Å². The summed E-state index contributed by atoms with van der Waals surface area (Å²) in [6.07, 6.45) is 0.411. The molecular formula is C18H21FN2O. The summed E-state index contributed by atoms with van der Waals surface area (Å²) < 4.78 is 20.8. The lowest BCUT2D eigenvalue weighted by Gasteiger charge is -2.25. The maximum absolute atomic E-state index is 13.7.